The van der Waals surface area contributed by atoms with Gasteiger partial charge >= 0.3 is 5.97 Å². The van der Waals surface area contributed by atoms with Crippen molar-refractivity contribution >= 4 is 33.2 Å². The van der Waals surface area contributed by atoms with E-state index in [0.29, 0.717) is 22.6 Å². The molecule has 1 heterocycles. The molecule has 0 aliphatic rings. The van der Waals surface area contributed by atoms with E-state index >= 15 is 0 Å². The maximum Gasteiger partial charge on any atom is 0.369 e. The van der Waals surface area contributed by atoms with Crippen molar-refractivity contribution in [1.82, 2.24) is 10.2 Å². The second-order valence-electron chi connectivity index (χ2n) is 3.49. The van der Waals surface area contributed by atoms with Gasteiger partial charge in [-0.15, -0.1) is 5.10 Å². The van der Waals surface area contributed by atoms with Gasteiger partial charge < -0.3 is 14.2 Å². The normalized spacial score (nSPS) is 10.2. The summed E-state index contributed by atoms with van der Waals surface area (Å²) < 4.78 is 16.2. The lowest BCUT2D eigenvalue weighted by Gasteiger charge is -2.05. The number of hydrogen-bond donors (Lipinski definition) is 0. The van der Waals surface area contributed by atoms with Gasteiger partial charge in [0.1, 0.15) is 11.5 Å². The lowest BCUT2D eigenvalue weighted by molar-refractivity contribution is 0.0525. The molecule has 0 saturated heterocycles. The van der Waals surface area contributed by atoms with Crippen LogP contribution >= 0.6 is 27.3 Å². The van der Waals surface area contributed by atoms with Gasteiger partial charge in [0.2, 0.25) is 5.01 Å². The summed E-state index contributed by atoms with van der Waals surface area (Å²) in [5.41, 5.74) is 0. The first kappa shape index (κ1) is 14.7. The topological polar surface area (TPSA) is 70.5 Å². The molecule has 0 spiro atoms. The fourth-order valence-corrected chi connectivity index (χ4v) is 2.35. The minimum Gasteiger partial charge on any atom is -0.497 e. The van der Waals surface area contributed by atoms with Crippen molar-refractivity contribution in [3.8, 4) is 16.7 Å². The van der Waals surface area contributed by atoms with Crippen LogP contribution in [-0.2, 0) is 4.74 Å². The number of methoxy groups -OCH3 is 1. The molecular weight excluding hydrogens is 348 g/mol. The average Bonchev–Trinajstić information content (AvgIpc) is 2.90. The van der Waals surface area contributed by atoms with E-state index < -0.39 is 5.97 Å². The second kappa shape index (κ2) is 6.67. The van der Waals surface area contributed by atoms with E-state index in [-0.39, 0.29) is 10.2 Å². The van der Waals surface area contributed by atoms with E-state index in [1.54, 1.807) is 32.2 Å². The van der Waals surface area contributed by atoms with E-state index in [4.69, 9.17) is 14.2 Å². The van der Waals surface area contributed by atoms with Crippen LogP contribution in [0.25, 0.3) is 0 Å². The zero-order valence-corrected chi connectivity index (χ0v) is 13.2. The fraction of sp³-hybridized carbons (Fsp3) is 0.250. The first-order chi connectivity index (χ1) is 9.63. The van der Waals surface area contributed by atoms with E-state index in [0.717, 1.165) is 11.3 Å². The van der Waals surface area contributed by atoms with E-state index in [9.17, 15) is 4.79 Å². The molecule has 0 aliphatic heterocycles. The van der Waals surface area contributed by atoms with E-state index in [1.165, 1.54) is 0 Å². The predicted molar refractivity (Wildman–Crippen MR) is 76.6 cm³/mol. The largest absolute Gasteiger partial charge is 0.497 e. The Balaban J connectivity index is 2.12. The summed E-state index contributed by atoms with van der Waals surface area (Å²) in [6, 6.07) is 5.25. The molecule has 2 aromatic rings. The molecule has 2 rings (SSSR count). The first-order valence-electron chi connectivity index (χ1n) is 5.66. The third kappa shape index (κ3) is 3.45. The summed E-state index contributed by atoms with van der Waals surface area (Å²) in [5, 5.41) is 7.94. The fourth-order valence-electron chi connectivity index (χ4n) is 1.31. The molecule has 0 fully saturated rings. The number of hydrogen-bond acceptors (Lipinski definition) is 7. The van der Waals surface area contributed by atoms with Crippen molar-refractivity contribution in [3.05, 3.63) is 27.7 Å². The van der Waals surface area contributed by atoms with Crippen molar-refractivity contribution in [2.75, 3.05) is 13.7 Å². The first-order valence-corrected chi connectivity index (χ1v) is 7.27. The Labute approximate surface area is 127 Å². The van der Waals surface area contributed by atoms with Crippen molar-refractivity contribution in [2.45, 2.75) is 6.92 Å². The molecule has 0 aliphatic carbocycles. The molecule has 0 amide bonds. The number of ether oxygens (including phenoxy) is 3. The van der Waals surface area contributed by atoms with Gasteiger partial charge in [0.05, 0.1) is 18.2 Å². The molecule has 0 saturated carbocycles. The van der Waals surface area contributed by atoms with Gasteiger partial charge in [-0.05, 0) is 52.4 Å². The zero-order valence-electron chi connectivity index (χ0n) is 10.8. The molecule has 6 nitrogen and oxygen atoms in total. The van der Waals surface area contributed by atoms with Gasteiger partial charge in [-0.2, -0.15) is 0 Å². The number of benzene rings is 1. The minimum absolute atomic E-state index is 0.159. The molecule has 0 bridgehead atoms. The van der Waals surface area contributed by atoms with Crippen LogP contribution < -0.4 is 9.47 Å². The van der Waals surface area contributed by atoms with Crippen molar-refractivity contribution < 1.29 is 19.0 Å². The van der Waals surface area contributed by atoms with E-state index in [1.807, 2.05) is 0 Å². The number of rotatable bonds is 5. The van der Waals surface area contributed by atoms with Gasteiger partial charge in [0, 0.05) is 0 Å². The highest BCUT2D eigenvalue weighted by Crippen LogP contribution is 2.33. The summed E-state index contributed by atoms with van der Waals surface area (Å²) >= 11 is 4.39. The molecular formula is C12H11BrN2O4S. The van der Waals surface area contributed by atoms with Crippen LogP contribution in [0.2, 0.25) is 0 Å². The Morgan fingerprint density at radius 2 is 2.20 bits per heavy atom. The molecule has 0 N–H and O–H groups in total. The third-order valence-corrected chi connectivity index (χ3v) is 3.59. The third-order valence-electron chi connectivity index (χ3n) is 2.19. The average molecular weight is 359 g/mol. The summed E-state index contributed by atoms with van der Waals surface area (Å²) in [7, 11) is 1.58. The summed E-state index contributed by atoms with van der Waals surface area (Å²) in [6.45, 7) is 2.02. The molecule has 1 aromatic heterocycles. The van der Waals surface area contributed by atoms with E-state index in [2.05, 4.69) is 26.1 Å². The number of nitrogens with zero attached hydrogens (tertiary/aromatic N) is 2. The molecule has 0 atom stereocenters. The monoisotopic (exact) mass is 358 g/mol. The number of halogens is 1. The molecule has 20 heavy (non-hydrogen) atoms. The molecule has 0 unspecified atom stereocenters. The van der Waals surface area contributed by atoms with Crippen molar-refractivity contribution in [3.63, 3.8) is 0 Å². The summed E-state index contributed by atoms with van der Waals surface area (Å²) in [6.07, 6.45) is 0. The highest BCUT2D eigenvalue weighted by Gasteiger charge is 2.15. The summed E-state index contributed by atoms with van der Waals surface area (Å²) in [4.78, 5) is 11.5. The lowest BCUT2D eigenvalue weighted by atomic mass is 10.3. The SMILES string of the molecule is CCOC(=O)c1nnc(Oc2ccc(OC)cc2Br)s1. The molecule has 106 valence electrons. The zero-order chi connectivity index (χ0) is 14.5. The summed E-state index contributed by atoms with van der Waals surface area (Å²) in [5.74, 6) is 0.750. The van der Waals surface area contributed by atoms with Crippen LogP contribution in [0.3, 0.4) is 0 Å². The quantitative estimate of drug-likeness (QED) is 0.763. The molecule has 1 aromatic carbocycles. The standard InChI is InChI=1S/C12H11BrN2O4S/c1-3-18-11(16)10-14-15-12(20-10)19-9-5-4-7(17-2)6-8(9)13/h4-6H,3H2,1-2H3. The van der Waals surface area contributed by atoms with Crippen LogP contribution in [-0.4, -0.2) is 29.9 Å². The van der Waals surface area contributed by atoms with Crippen molar-refractivity contribution in [2.24, 2.45) is 0 Å². The smallest absolute Gasteiger partial charge is 0.369 e. The van der Waals surface area contributed by atoms with Gasteiger partial charge in [0.25, 0.3) is 5.19 Å². The highest BCUT2D eigenvalue weighted by atomic mass is 79.9. The Hall–Kier alpha value is -1.67. The Morgan fingerprint density at radius 1 is 1.40 bits per heavy atom. The van der Waals surface area contributed by atoms with Crippen LogP contribution in [0.15, 0.2) is 22.7 Å². The predicted octanol–water partition coefficient (Wildman–Crippen LogP) is 3.28. The number of carbonyl (C=O) groups excluding carboxylic acids is 1. The van der Waals surface area contributed by atoms with Gasteiger partial charge in [-0.25, -0.2) is 4.79 Å². The Bertz CT molecular complexity index is 617. The maximum absolute atomic E-state index is 11.5. The van der Waals surface area contributed by atoms with Crippen LogP contribution in [0.4, 0.5) is 0 Å². The van der Waals surface area contributed by atoms with Crippen LogP contribution in [0.5, 0.6) is 16.7 Å². The van der Waals surface area contributed by atoms with Gasteiger partial charge in [0.15, 0.2) is 0 Å². The maximum atomic E-state index is 11.5. The van der Waals surface area contributed by atoms with Crippen LogP contribution in [0, 0.1) is 0 Å². The second-order valence-corrected chi connectivity index (χ2v) is 5.29. The van der Waals surface area contributed by atoms with Gasteiger partial charge in [-0.3, -0.25) is 0 Å². The number of aromatic nitrogens is 2. The van der Waals surface area contributed by atoms with Crippen LogP contribution in [0.1, 0.15) is 16.7 Å². The Morgan fingerprint density at radius 3 is 2.85 bits per heavy atom. The molecule has 8 heteroatoms. The highest BCUT2D eigenvalue weighted by molar-refractivity contribution is 9.10. The number of carbonyl (C=O) groups is 1. The van der Waals surface area contributed by atoms with Crippen molar-refractivity contribution in [1.29, 1.82) is 0 Å². The number of esters is 1. The van der Waals surface area contributed by atoms with Gasteiger partial charge in [-0.1, -0.05) is 5.10 Å². The minimum atomic E-state index is -0.506. The lowest BCUT2D eigenvalue weighted by Crippen LogP contribution is -2.03. The Kier molecular flexibility index (Phi) is 4.91. The molecule has 0 radical (unpaired) electrons.